The van der Waals surface area contributed by atoms with E-state index in [9.17, 15) is 10.1 Å². The van der Waals surface area contributed by atoms with E-state index in [0.717, 1.165) is 11.1 Å². The first-order valence-corrected chi connectivity index (χ1v) is 4.03. The second-order valence-corrected chi connectivity index (χ2v) is 2.80. The van der Waals surface area contributed by atoms with Crippen molar-refractivity contribution in [3.8, 4) is 0 Å². The minimum absolute atomic E-state index is 0.144. The molecule has 1 aromatic carbocycles. The SMILES string of the molecule is C/C=C\c1ccc([N+](=O)[O-])cc1C. The average Bonchev–Trinajstić information content (AvgIpc) is 2.08. The number of nitrogens with zero attached hydrogens (tertiary/aromatic N) is 1. The van der Waals surface area contributed by atoms with Crippen LogP contribution in [0.5, 0.6) is 0 Å². The lowest BCUT2D eigenvalue weighted by atomic mass is 10.1. The normalized spacial score (nSPS) is 10.6. The monoisotopic (exact) mass is 177 g/mol. The summed E-state index contributed by atoms with van der Waals surface area (Å²) in [4.78, 5) is 10.0. The molecule has 13 heavy (non-hydrogen) atoms. The number of nitro groups is 1. The Hall–Kier alpha value is -1.64. The van der Waals surface area contributed by atoms with Crippen LogP contribution in [0.1, 0.15) is 18.1 Å². The number of nitro benzene ring substituents is 1. The number of rotatable bonds is 2. The van der Waals surface area contributed by atoms with Gasteiger partial charge in [-0.05, 0) is 31.0 Å². The molecule has 0 spiro atoms. The highest BCUT2D eigenvalue weighted by Crippen LogP contribution is 2.17. The van der Waals surface area contributed by atoms with E-state index in [1.807, 2.05) is 26.0 Å². The molecule has 0 amide bonds. The van der Waals surface area contributed by atoms with Gasteiger partial charge < -0.3 is 0 Å². The Labute approximate surface area is 76.9 Å². The van der Waals surface area contributed by atoms with E-state index in [2.05, 4.69) is 0 Å². The van der Waals surface area contributed by atoms with E-state index in [1.54, 1.807) is 12.1 Å². The van der Waals surface area contributed by atoms with Crippen molar-refractivity contribution >= 4 is 11.8 Å². The highest BCUT2D eigenvalue weighted by atomic mass is 16.6. The number of benzene rings is 1. The largest absolute Gasteiger partial charge is 0.269 e. The van der Waals surface area contributed by atoms with Crippen molar-refractivity contribution in [3.63, 3.8) is 0 Å². The smallest absolute Gasteiger partial charge is 0.258 e. The van der Waals surface area contributed by atoms with Crippen molar-refractivity contribution in [2.75, 3.05) is 0 Å². The van der Waals surface area contributed by atoms with Gasteiger partial charge in [0.2, 0.25) is 0 Å². The van der Waals surface area contributed by atoms with E-state index >= 15 is 0 Å². The fraction of sp³-hybridized carbons (Fsp3) is 0.200. The molecule has 0 aromatic heterocycles. The third kappa shape index (κ3) is 2.15. The summed E-state index contributed by atoms with van der Waals surface area (Å²) in [7, 11) is 0. The van der Waals surface area contributed by atoms with Crippen molar-refractivity contribution in [2.24, 2.45) is 0 Å². The zero-order valence-corrected chi connectivity index (χ0v) is 7.65. The molecule has 0 saturated heterocycles. The Balaban J connectivity index is 3.12. The molecule has 0 N–H and O–H groups in total. The third-order valence-corrected chi connectivity index (χ3v) is 1.81. The van der Waals surface area contributed by atoms with E-state index < -0.39 is 0 Å². The molecule has 0 aliphatic rings. The van der Waals surface area contributed by atoms with Gasteiger partial charge in [-0.15, -0.1) is 0 Å². The van der Waals surface area contributed by atoms with Crippen LogP contribution in [0.15, 0.2) is 24.3 Å². The van der Waals surface area contributed by atoms with Crippen LogP contribution in [-0.2, 0) is 0 Å². The summed E-state index contributed by atoms with van der Waals surface area (Å²) >= 11 is 0. The first kappa shape index (κ1) is 9.45. The Bertz CT molecular complexity index is 356. The van der Waals surface area contributed by atoms with E-state index in [4.69, 9.17) is 0 Å². The van der Waals surface area contributed by atoms with Gasteiger partial charge in [-0.1, -0.05) is 12.2 Å². The molecule has 1 aromatic rings. The molecule has 0 saturated carbocycles. The topological polar surface area (TPSA) is 43.1 Å². The number of non-ortho nitro benzene ring substituents is 1. The van der Waals surface area contributed by atoms with Crippen LogP contribution < -0.4 is 0 Å². The molecule has 0 unspecified atom stereocenters. The van der Waals surface area contributed by atoms with E-state index in [1.165, 1.54) is 6.07 Å². The third-order valence-electron chi connectivity index (χ3n) is 1.81. The zero-order chi connectivity index (χ0) is 9.84. The molecule has 0 heterocycles. The van der Waals surface area contributed by atoms with Gasteiger partial charge in [0, 0.05) is 12.1 Å². The zero-order valence-electron chi connectivity index (χ0n) is 7.65. The van der Waals surface area contributed by atoms with E-state index in [0.29, 0.717) is 0 Å². The van der Waals surface area contributed by atoms with Crippen LogP contribution in [0.2, 0.25) is 0 Å². The Morgan fingerprint density at radius 1 is 1.46 bits per heavy atom. The minimum Gasteiger partial charge on any atom is -0.258 e. The first-order chi connectivity index (χ1) is 6.15. The van der Waals surface area contributed by atoms with Crippen LogP contribution in [0.25, 0.3) is 6.08 Å². The van der Waals surface area contributed by atoms with Crippen LogP contribution in [-0.4, -0.2) is 4.92 Å². The van der Waals surface area contributed by atoms with Crippen molar-refractivity contribution in [3.05, 3.63) is 45.5 Å². The van der Waals surface area contributed by atoms with Gasteiger partial charge in [0.25, 0.3) is 5.69 Å². The first-order valence-electron chi connectivity index (χ1n) is 4.03. The molecule has 1 rings (SSSR count). The fourth-order valence-corrected chi connectivity index (χ4v) is 1.14. The molecular weight excluding hydrogens is 166 g/mol. The number of allylic oxidation sites excluding steroid dienone is 1. The lowest BCUT2D eigenvalue weighted by Gasteiger charge is -1.98. The van der Waals surface area contributed by atoms with Crippen LogP contribution in [0.4, 0.5) is 5.69 Å². The molecule has 0 radical (unpaired) electrons. The number of hydrogen-bond acceptors (Lipinski definition) is 2. The molecule has 0 bridgehead atoms. The summed E-state index contributed by atoms with van der Waals surface area (Å²) in [6.07, 6.45) is 3.84. The molecule has 0 aliphatic carbocycles. The van der Waals surface area contributed by atoms with Gasteiger partial charge in [0.15, 0.2) is 0 Å². The summed E-state index contributed by atoms with van der Waals surface area (Å²) in [5, 5.41) is 10.4. The highest BCUT2D eigenvalue weighted by molar-refractivity contribution is 5.56. The summed E-state index contributed by atoms with van der Waals surface area (Å²) in [5.74, 6) is 0. The molecule has 3 heteroatoms. The lowest BCUT2D eigenvalue weighted by molar-refractivity contribution is -0.384. The van der Waals surface area contributed by atoms with Gasteiger partial charge in [-0.25, -0.2) is 0 Å². The molecule has 0 aliphatic heterocycles. The van der Waals surface area contributed by atoms with Crippen molar-refractivity contribution in [2.45, 2.75) is 13.8 Å². The predicted octanol–water partition coefficient (Wildman–Crippen LogP) is 2.94. The highest BCUT2D eigenvalue weighted by Gasteiger charge is 2.05. The Morgan fingerprint density at radius 3 is 2.62 bits per heavy atom. The molecule has 0 fully saturated rings. The minimum atomic E-state index is -0.382. The Morgan fingerprint density at radius 2 is 2.15 bits per heavy atom. The average molecular weight is 177 g/mol. The van der Waals surface area contributed by atoms with Gasteiger partial charge >= 0.3 is 0 Å². The predicted molar refractivity (Wildman–Crippen MR) is 52.5 cm³/mol. The summed E-state index contributed by atoms with van der Waals surface area (Å²) in [5.41, 5.74) is 2.09. The second kappa shape index (κ2) is 3.85. The van der Waals surface area contributed by atoms with Gasteiger partial charge in [0.1, 0.15) is 0 Å². The van der Waals surface area contributed by atoms with Gasteiger partial charge in [-0.2, -0.15) is 0 Å². The van der Waals surface area contributed by atoms with Gasteiger partial charge in [-0.3, -0.25) is 10.1 Å². The van der Waals surface area contributed by atoms with Crippen LogP contribution in [0, 0.1) is 17.0 Å². The maximum absolute atomic E-state index is 10.4. The summed E-state index contributed by atoms with van der Waals surface area (Å²) in [6, 6.07) is 4.85. The summed E-state index contributed by atoms with van der Waals surface area (Å²) in [6.45, 7) is 3.78. The maximum atomic E-state index is 10.4. The lowest BCUT2D eigenvalue weighted by Crippen LogP contribution is -1.89. The quantitative estimate of drug-likeness (QED) is 0.515. The molecule has 68 valence electrons. The van der Waals surface area contributed by atoms with Crippen LogP contribution in [0.3, 0.4) is 0 Å². The second-order valence-electron chi connectivity index (χ2n) is 2.80. The molecule has 3 nitrogen and oxygen atoms in total. The van der Waals surface area contributed by atoms with Crippen molar-refractivity contribution < 1.29 is 4.92 Å². The van der Waals surface area contributed by atoms with Gasteiger partial charge in [0.05, 0.1) is 4.92 Å². The van der Waals surface area contributed by atoms with Crippen molar-refractivity contribution in [1.29, 1.82) is 0 Å². The Kier molecular flexibility index (Phi) is 2.80. The molecule has 0 atom stereocenters. The fourth-order valence-electron chi connectivity index (χ4n) is 1.14. The number of hydrogen-bond donors (Lipinski definition) is 0. The van der Waals surface area contributed by atoms with E-state index in [-0.39, 0.29) is 10.6 Å². The standard InChI is InChI=1S/C10H11NO2/c1-3-4-9-5-6-10(11(12)13)7-8(9)2/h3-7H,1-2H3/b4-3-. The molecular formula is C10H11NO2. The number of aryl methyl sites for hydroxylation is 1. The van der Waals surface area contributed by atoms with Crippen LogP contribution >= 0.6 is 0 Å². The maximum Gasteiger partial charge on any atom is 0.269 e. The summed E-state index contributed by atoms with van der Waals surface area (Å²) < 4.78 is 0. The van der Waals surface area contributed by atoms with Crippen molar-refractivity contribution in [1.82, 2.24) is 0 Å².